The maximum absolute atomic E-state index is 13.1. The zero-order valence-electron chi connectivity index (χ0n) is 14.7. The van der Waals surface area contributed by atoms with Gasteiger partial charge in [0.1, 0.15) is 0 Å². The van der Waals surface area contributed by atoms with Crippen LogP contribution in [0.2, 0.25) is 0 Å². The predicted octanol–water partition coefficient (Wildman–Crippen LogP) is 3.64. The zero-order valence-corrected chi connectivity index (χ0v) is 15.5. The van der Waals surface area contributed by atoms with Crippen molar-refractivity contribution in [2.75, 3.05) is 24.6 Å². The van der Waals surface area contributed by atoms with Crippen LogP contribution < -0.4 is 0 Å². The van der Waals surface area contributed by atoms with Crippen molar-refractivity contribution >= 4 is 15.9 Å². The fraction of sp³-hybridized carbons (Fsp3) is 0.938. The predicted molar refractivity (Wildman–Crippen MR) is 89.2 cm³/mol. The molecular weight excluding hydrogens is 340 g/mol. The van der Waals surface area contributed by atoms with Gasteiger partial charge in [-0.2, -0.15) is 0 Å². The molecule has 1 aliphatic carbocycles. The monoisotopic (exact) mass is 369 g/mol. The van der Waals surface area contributed by atoms with E-state index in [1.54, 1.807) is 0 Å². The minimum Gasteiger partial charge on any atom is -0.465 e. The summed E-state index contributed by atoms with van der Waals surface area (Å²) in [5.74, 6) is -3.04. The number of hydrogen-bond donors (Lipinski definition) is 1. The van der Waals surface area contributed by atoms with Gasteiger partial charge in [0.25, 0.3) is 0 Å². The van der Waals surface area contributed by atoms with Gasteiger partial charge in [0.05, 0.1) is 11.5 Å². The molecule has 24 heavy (non-hydrogen) atoms. The molecule has 1 fully saturated rings. The topological polar surface area (TPSA) is 74.7 Å². The van der Waals surface area contributed by atoms with Gasteiger partial charge in [-0.15, -0.1) is 0 Å². The average molecular weight is 369 g/mol. The molecule has 0 bridgehead atoms. The van der Waals surface area contributed by atoms with Crippen LogP contribution >= 0.6 is 0 Å². The van der Waals surface area contributed by atoms with E-state index in [1.165, 1.54) is 4.90 Å². The molecular formula is C16H29F2NO4S. The summed E-state index contributed by atoms with van der Waals surface area (Å²) < 4.78 is 50.5. The number of sulfone groups is 1. The van der Waals surface area contributed by atoms with E-state index in [0.717, 1.165) is 0 Å². The van der Waals surface area contributed by atoms with E-state index in [2.05, 4.69) is 0 Å². The van der Waals surface area contributed by atoms with Crippen molar-refractivity contribution in [3.8, 4) is 0 Å². The van der Waals surface area contributed by atoms with Crippen molar-refractivity contribution in [2.24, 2.45) is 11.3 Å². The minimum absolute atomic E-state index is 0.0740. The summed E-state index contributed by atoms with van der Waals surface area (Å²) in [6.45, 7) is 6.24. The Morgan fingerprint density at radius 2 is 1.79 bits per heavy atom. The average Bonchev–Trinajstić information content (AvgIpc) is 2.38. The molecule has 0 spiro atoms. The van der Waals surface area contributed by atoms with Gasteiger partial charge >= 0.3 is 6.09 Å². The summed E-state index contributed by atoms with van der Waals surface area (Å²) >= 11 is 0. The highest BCUT2D eigenvalue weighted by Gasteiger charge is 2.36. The molecule has 0 radical (unpaired) electrons. The number of amides is 1. The Balaban J connectivity index is 2.43. The standard InChI is InChI=1S/C16H29F2NO4S/c1-15(2,3)12-19(14(20)21)9-4-10-24(22,23)11-13-5-7-16(17,18)8-6-13/h13H,4-12H2,1-3H3,(H,20,21). The van der Waals surface area contributed by atoms with Crippen LogP contribution in [0.5, 0.6) is 0 Å². The lowest BCUT2D eigenvalue weighted by molar-refractivity contribution is -0.0435. The van der Waals surface area contributed by atoms with Crippen molar-refractivity contribution in [2.45, 2.75) is 58.8 Å². The van der Waals surface area contributed by atoms with E-state index in [9.17, 15) is 27.1 Å². The lowest BCUT2D eigenvalue weighted by Gasteiger charge is -2.28. The third kappa shape index (κ3) is 8.26. The van der Waals surface area contributed by atoms with Gasteiger partial charge in [-0.3, -0.25) is 0 Å². The van der Waals surface area contributed by atoms with Crippen molar-refractivity contribution < 1.29 is 27.1 Å². The maximum Gasteiger partial charge on any atom is 0.407 e. The fourth-order valence-corrected chi connectivity index (χ4v) is 4.79. The smallest absolute Gasteiger partial charge is 0.407 e. The molecule has 1 aliphatic rings. The number of hydrogen-bond acceptors (Lipinski definition) is 3. The Morgan fingerprint density at radius 3 is 2.25 bits per heavy atom. The molecule has 1 N–H and O–H groups in total. The van der Waals surface area contributed by atoms with Crippen molar-refractivity contribution in [3.05, 3.63) is 0 Å². The Labute approximate surface area is 143 Å². The lowest BCUT2D eigenvalue weighted by Crippen LogP contribution is -2.38. The number of alkyl halides is 2. The van der Waals surface area contributed by atoms with Crippen molar-refractivity contribution in [1.82, 2.24) is 4.90 Å². The Kier molecular flexibility index (Phi) is 7.02. The summed E-state index contributed by atoms with van der Waals surface area (Å²) in [6.07, 6.45) is -0.850. The van der Waals surface area contributed by atoms with E-state index in [4.69, 9.17) is 0 Å². The van der Waals surface area contributed by atoms with Crippen LogP contribution in [0.25, 0.3) is 0 Å². The first kappa shape index (κ1) is 21.1. The van der Waals surface area contributed by atoms with Crippen LogP contribution in [-0.2, 0) is 9.84 Å². The number of carbonyl (C=O) groups is 1. The molecule has 0 aliphatic heterocycles. The zero-order chi connectivity index (χ0) is 18.6. The molecule has 0 aromatic rings. The Bertz CT molecular complexity index is 519. The van der Waals surface area contributed by atoms with Crippen LogP contribution in [0, 0.1) is 11.3 Å². The highest BCUT2D eigenvalue weighted by atomic mass is 32.2. The molecule has 1 amide bonds. The molecule has 142 valence electrons. The van der Waals surface area contributed by atoms with E-state index >= 15 is 0 Å². The molecule has 0 aromatic heterocycles. The van der Waals surface area contributed by atoms with Gasteiger partial charge in [-0.05, 0) is 30.6 Å². The van der Waals surface area contributed by atoms with Crippen LogP contribution in [-0.4, -0.2) is 55.0 Å². The van der Waals surface area contributed by atoms with E-state index < -0.39 is 21.9 Å². The normalized spacial score (nSPS) is 19.2. The maximum atomic E-state index is 13.1. The van der Waals surface area contributed by atoms with Crippen LogP contribution in [0.15, 0.2) is 0 Å². The van der Waals surface area contributed by atoms with Crippen LogP contribution in [0.1, 0.15) is 52.9 Å². The van der Waals surface area contributed by atoms with Crippen LogP contribution in [0.4, 0.5) is 13.6 Å². The van der Waals surface area contributed by atoms with Gasteiger partial charge in [-0.1, -0.05) is 20.8 Å². The molecule has 0 heterocycles. The first-order chi connectivity index (χ1) is 10.8. The molecule has 1 rings (SSSR count). The molecule has 0 atom stereocenters. The highest BCUT2D eigenvalue weighted by molar-refractivity contribution is 7.91. The van der Waals surface area contributed by atoms with E-state index in [1.807, 2.05) is 20.8 Å². The van der Waals surface area contributed by atoms with E-state index in [0.29, 0.717) is 6.54 Å². The SMILES string of the molecule is CC(C)(C)CN(CCCS(=O)(=O)CC1CCC(F)(F)CC1)C(=O)O. The van der Waals surface area contributed by atoms with Crippen LogP contribution in [0.3, 0.4) is 0 Å². The van der Waals surface area contributed by atoms with Gasteiger partial charge in [-0.25, -0.2) is 22.0 Å². The summed E-state index contributed by atoms with van der Waals surface area (Å²) in [6, 6.07) is 0. The summed E-state index contributed by atoms with van der Waals surface area (Å²) in [7, 11) is -3.35. The van der Waals surface area contributed by atoms with Gasteiger partial charge in [0, 0.05) is 25.9 Å². The van der Waals surface area contributed by atoms with E-state index in [-0.39, 0.29) is 61.5 Å². The first-order valence-corrected chi connectivity index (χ1v) is 10.2. The first-order valence-electron chi connectivity index (χ1n) is 8.36. The van der Waals surface area contributed by atoms with Crippen molar-refractivity contribution in [1.29, 1.82) is 0 Å². The molecule has 0 aromatic carbocycles. The highest BCUT2D eigenvalue weighted by Crippen LogP contribution is 2.36. The lowest BCUT2D eigenvalue weighted by atomic mass is 9.88. The second kappa shape index (κ2) is 7.97. The number of halogens is 2. The largest absolute Gasteiger partial charge is 0.465 e. The third-order valence-corrected chi connectivity index (χ3v) is 6.04. The second-order valence-corrected chi connectivity index (χ2v) is 10.3. The molecule has 0 saturated heterocycles. The fourth-order valence-electron chi connectivity index (χ4n) is 3.00. The Morgan fingerprint density at radius 1 is 1.25 bits per heavy atom. The summed E-state index contributed by atoms with van der Waals surface area (Å²) in [4.78, 5) is 12.4. The second-order valence-electron chi connectivity index (χ2n) is 8.03. The third-order valence-electron chi connectivity index (χ3n) is 4.15. The van der Waals surface area contributed by atoms with Crippen molar-refractivity contribution in [3.63, 3.8) is 0 Å². The minimum atomic E-state index is -3.35. The molecule has 5 nitrogen and oxygen atoms in total. The number of rotatable bonds is 7. The summed E-state index contributed by atoms with van der Waals surface area (Å²) in [5.41, 5.74) is -0.204. The summed E-state index contributed by atoms with van der Waals surface area (Å²) in [5, 5.41) is 9.18. The quantitative estimate of drug-likeness (QED) is 0.743. The Hall–Kier alpha value is -0.920. The number of nitrogens with zero attached hydrogens (tertiary/aromatic N) is 1. The van der Waals surface area contributed by atoms with Gasteiger partial charge in [0.2, 0.25) is 5.92 Å². The molecule has 8 heteroatoms. The van der Waals surface area contributed by atoms with Gasteiger partial charge in [0.15, 0.2) is 9.84 Å². The number of carboxylic acid groups (broad SMARTS) is 1. The van der Waals surface area contributed by atoms with Gasteiger partial charge < -0.3 is 10.0 Å². The molecule has 0 unspecified atom stereocenters. The molecule has 1 saturated carbocycles.